The molecule has 17 heavy (non-hydrogen) atoms. The Bertz CT molecular complexity index is 505. The van der Waals surface area contributed by atoms with E-state index in [1.807, 2.05) is 30.3 Å². The van der Waals surface area contributed by atoms with Crippen LogP contribution in [-0.2, 0) is 6.61 Å². The molecule has 0 fully saturated rings. The molecule has 0 atom stereocenters. The molecule has 2 rings (SSSR count). The van der Waals surface area contributed by atoms with Crippen LogP contribution in [0.25, 0.3) is 0 Å². The van der Waals surface area contributed by atoms with E-state index in [4.69, 9.17) is 10.6 Å². The summed E-state index contributed by atoms with van der Waals surface area (Å²) < 4.78 is 6.57. The number of nitrogens with two attached hydrogens (primary N) is 1. The zero-order valence-corrected chi connectivity index (χ0v) is 10.6. The number of anilines is 1. The highest BCUT2D eigenvalue weighted by molar-refractivity contribution is 9.10. The van der Waals surface area contributed by atoms with Gasteiger partial charge in [-0.05, 0) is 40.2 Å². The summed E-state index contributed by atoms with van der Waals surface area (Å²) in [5.74, 6) is 6.12. The number of nitrogens with one attached hydrogen (secondary N) is 1. The number of halogens is 1. The predicted octanol–water partition coefficient (Wildman–Crippen LogP) is 2.71. The second-order valence-electron chi connectivity index (χ2n) is 3.40. The Labute approximate surface area is 108 Å². The lowest BCUT2D eigenvalue weighted by molar-refractivity contribution is 0.299. The van der Waals surface area contributed by atoms with Gasteiger partial charge in [-0.1, -0.05) is 12.1 Å². The van der Waals surface area contributed by atoms with E-state index in [0.29, 0.717) is 6.61 Å². The molecule has 0 spiro atoms. The van der Waals surface area contributed by atoms with E-state index in [9.17, 15) is 0 Å². The van der Waals surface area contributed by atoms with E-state index >= 15 is 0 Å². The summed E-state index contributed by atoms with van der Waals surface area (Å²) in [5, 5.41) is 0. The molecule has 0 aliphatic carbocycles. The number of rotatable bonds is 4. The van der Waals surface area contributed by atoms with Gasteiger partial charge in [-0.15, -0.1) is 0 Å². The number of nitrogens with zero attached hydrogens (tertiary/aromatic N) is 1. The van der Waals surface area contributed by atoms with Crippen molar-refractivity contribution in [1.82, 2.24) is 4.98 Å². The normalized spacial score (nSPS) is 10.0. The van der Waals surface area contributed by atoms with Crippen molar-refractivity contribution in [2.45, 2.75) is 6.61 Å². The Kier molecular flexibility index (Phi) is 3.95. The summed E-state index contributed by atoms with van der Waals surface area (Å²) in [6.45, 7) is 0.401. The number of ether oxygens (including phenoxy) is 1. The zero-order chi connectivity index (χ0) is 12.1. The van der Waals surface area contributed by atoms with Gasteiger partial charge in [0.25, 0.3) is 0 Å². The first-order chi connectivity index (χ1) is 8.29. The third-order valence-electron chi connectivity index (χ3n) is 2.20. The number of hydrazine groups is 1. The van der Waals surface area contributed by atoms with Gasteiger partial charge in [-0.25, -0.2) is 0 Å². The van der Waals surface area contributed by atoms with E-state index in [0.717, 1.165) is 21.6 Å². The largest absolute Gasteiger partial charge is 0.486 e. The second kappa shape index (κ2) is 5.65. The van der Waals surface area contributed by atoms with Crippen molar-refractivity contribution in [3.8, 4) is 5.75 Å². The molecule has 0 saturated carbocycles. The van der Waals surface area contributed by atoms with E-state index in [-0.39, 0.29) is 0 Å². The summed E-state index contributed by atoms with van der Waals surface area (Å²) >= 11 is 3.42. The average molecular weight is 294 g/mol. The smallest absolute Gasteiger partial charge is 0.134 e. The van der Waals surface area contributed by atoms with E-state index in [1.165, 1.54) is 0 Å². The molecule has 88 valence electrons. The van der Waals surface area contributed by atoms with Gasteiger partial charge in [0.1, 0.15) is 12.4 Å². The number of hydrogen-bond acceptors (Lipinski definition) is 4. The first kappa shape index (κ1) is 11.9. The maximum atomic E-state index is 5.64. The molecule has 0 unspecified atom stereocenters. The molecule has 3 N–H and O–H groups in total. The van der Waals surface area contributed by atoms with Gasteiger partial charge in [0.15, 0.2) is 0 Å². The highest BCUT2D eigenvalue weighted by atomic mass is 79.9. The molecule has 0 aliphatic heterocycles. The summed E-state index contributed by atoms with van der Waals surface area (Å²) in [4.78, 5) is 4.20. The van der Waals surface area contributed by atoms with Crippen molar-refractivity contribution in [1.29, 1.82) is 0 Å². The van der Waals surface area contributed by atoms with Crippen LogP contribution < -0.4 is 16.0 Å². The first-order valence-corrected chi connectivity index (χ1v) is 5.88. The quantitative estimate of drug-likeness (QED) is 0.672. The van der Waals surface area contributed by atoms with Gasteiger partial charge in [-0.2, -0.15) is 0 Å². The van der Waals surface area contributed by atoms with Crippen molar-refractivity contribution in [2.75, 3.05) is 5.43 Å². The number of nitrogen functional groups attached to an aromatic ring is 1. The Morgan fingerprint density at radius 3 is 2.88 bits per heavy atom. The van der Waals surface area contributed by atoms with Crippen molar-refractivity contribution in [2.24, 2.45) is 5.84 Å². The van der Waals surface area contributed by atoms with Gasteiger partial charge < -0.3 is 10.2 Å². The molecular formula is C12H12BrN3O. The second-order valence-corrected chi connectivity index (χ2v) is 4.25. The van der Waals surface area contributed by atoms with Crippen LogP contribution in [0.4, 0.5) is 5.69 Å². The van der Waals surface area contributed by atoms with Crippen molar-refractivity contribution in [3.63, 3.8) is 0 Å². The highest BCUT2D eigenvalue weighted by Crippen LogP contribution is 2.24. The fourth-order valence-electron chi connectivity index (χ4n) is 1.36. The summed E-state index contributed by atoms with van der Waals surface area (Å²) in [7, 11) is 0. The van der Waals surface area contributed by atoms with Gasteiger partial charge in [0.2, 0.25) is 0 Å². The van der Waals surface area contributed by atoms with Gasteiger partial charge in [0.05, 0.1) is 15.9 Å². The summed E-state index contributed by atoms with van der Waals surface area (Å²) in [6, 6.07) is 11.3. The number of benzene rings is 1. The minimum absolute atomic E-state index is 0.401. The van der Waals surface area contributed by atoms with Crippen LogP contribution in [0.2, 0.25) is 0 Å². The van der Waals surface area contributed by atoms with Crippen LogP contribution in [0.1, 0.15) is 5.69 Å². The summed E-state index contributed by atoms with van der Waals surface area (Å²) in [5.41, 5.74) is 4.20. The molecule has 0 aliphatic rings. The van der Waals surface area contributed by atoms with E-state index in [1.54, 1.807) is 12.3 Å². The number of aromatic nitrogens is 1. The number of pyridine rings is 1. The van der Waals surface area contributed by atoms with E-state index < -0.39 is 0 Å². The van der Waals surface area contributed by atoms with Gasteiger partial charge in [0, 0.05) is 6.20 Å². The fourth-order valence-corrected chi connectivity index (χ4v) is 1.76. The molecule has 1 aromatic heterocycles. The molecule has 4 nitrogen and oxygen atoms in total. The molecule has 0 saturated heterocycles. The molecule has 2 aromatic rings. The maximum absolute atomic E-state index is 5.64. The van der Waals surface area contributed by atoms with Crippen LogP contribution in [0.5, 0.6) is 5.75 Å². The molecule has 5 heteroatoms. The van der Waals surface area contributed by atoms with Gasteiger partial charge >= 0.3 is 0 Å². The Balaban J connectivity index is 2.05. The van der Waals surface area contributed by atoms with Crippen LogP contribution in [0.3, 0.4) is 0 Å². The minimum Gasteiger partial charge on any atom is -0.486 e. The van der Waals surface area contributed by atoms with Crippen molar-refractivity contribution in [3.05, 3.63) is 52.8 Å². The topological polar surface area (TPSA) is 60.2 Å². The molecule has 1 heterocycles. The highest BCUT2D eigenvalue weighted by Gasteiger charge is 2.01. The summed E-state index contributed by atoms with van der Waals surface area (Å²) in [6.07, 6.45) is 1.69. The molecule has 1 aromatic carbocycles. The van der Waals surface area contributed by atoms with E-state index in [2.05, 4.69) is 26.3 Å². The average Bonchev–Trinajstić information content (AvgIpc) is 2.38. The van der Waals surface area contributed by atoms with Gasteiger partial charge in [-0.3, -0.25) is 10.8 Å². The molecule has 0 radical (unpaired) electrons. The van der Waals surface area contributed by atoms with Crippen LogP contribution in [0.15, 0.2) is 47.1 Å². The Morgan fingerprint density at radius 2 is 2.12 bits per heavy atom. The van der Waals surface area contributed by atoms with Crippen LogP contribution in [-0.4, -0.2) is 4.98 Å². The monoisotopic (exact) mass is 293 g/mol. The maximum Gasteiger partial charge on any atom is 0.134 e. The van der Waals surface area contributed by atoms with Crippen molar-refractivity contribution >= 4 is 21.6 Å². The number of para-hydroxylation sites is 1. The SMILES string of the molecule is NNc1ccnc(COc2ccccc2Br)c1. The van der Waals surface area contributed by atoms with Crippen molar-refractivity contribution < 1.29 is 4.74 Å². The number of hydrogen-bond donors (Lipinski definition) is 2. The lowest BCUT2D eigenvalue weighted by Gasteiger charge is -2.08. The standard InChI is InChI=1S/C12H12BrN3O/c13-11-3-1-2-4-12(11)17-8-10-7-9(16-14)5-6-15-10/h1-7H,8,14H2,(H,15,16). The molecular weight excluding hydrogens is 282 g/mol. The predicted molar refractivity (Wildman–Crippen MR) is 70.5 cm³/mol. The molecule has 0 amide bonds. The fraction of sp³-hybridized carbons (Fsp3) is 0.0833. The first-order valence-electron chi connectivity index (χ1n) is 5.08. The molecule has 0 bridgehead atoms. The minimum atomic E-state index is 0.401. The Morgan fingerprint density at radius 1 is 1.29 bits per heavy atom. The third kappa shape index (κ3) is 3.18. The lowest BCUT2D eigenvalue weighted by atomic mass is 10.3. The van der Waals surface area contributed by atoms with Crippen LogP contribution in [0, 0.1) is 0 Å². The Hall–Kier alpha value is -1.59. The zero-order valence-electron chi connectivity index (χ0n) is 9.06. The lowest BCUT2D eigenvalue weighted by Crippen LogP contribution is -2.08. The van der Waals surface area contributed by atoms with Crippen LogP contribution >= 0.6 is 15.9 Å². The third-order valence-corrected chi connectivity index (χ3v) is 2.85.